The average molecular weight is 560 g/mol. The van der Waals surface area contributed by atoms with E-state index in [1.165, 1.54) is 54.5 Å². The Kier molecular flexibility index (Phi) is 10.5. The molecule has 2 atom stereocenters. The molecule has 1 amide bonds. The first-order chi connectivity index (χ1) is 19.1. The number of rotatable bonds is 10. The molecule has 5 nitrogen and oxygen atoms in total. The predicted octanol–water partition coefficient (Wildman–Crippen LogP) is 6.26. The summed E-state index contributed by atoms with van der Waals surface area (Å²) in [4.78, 5) is 16.8. The molecule has 1 saturated carbocycles. The molecule has 0 bridgehead atoms. The van der Waals surface area contributed by atoms with Crippen LogP contribution in [-0.2, 0) is 12.6 Å². The Bertz CT molecular complexity index is 1110. The van der Waals surface area contributed by atoms with Crippen molar-refractivity contribution in [2.75, 3.05) is 45.9 Å². The Balaban J connectivity index is 1.18. The molecule has 2 aliphatic rings. The van der Waals surface area contributed by atoms with Gasteiger partial charge in [0.25, 0.3) is 5.91 Å². The minimum atomic E-state index is -4.40. The van der Waals surface area contributed by atoms with Gasteiger partial charge >= 0.3 is 6.18 Å². The van der Waals surface area contributed by atoms with E-state index in [9.17, 15) is 18.0 Å². The van der Waals surface area contributed by atoms with Gasteiger partial charge in [-0.25, -0.2) is 0 Å². The zero-order valence-electron chi connectivity index (χ0n) is 24.2. The van der Waals surface area contributed by atoms with E-state index in [1.54, 1.807) is 4.90 Å². The normalized spacial score (nSPS) is 20.5. The van der Waals surface area contributed by atoms with Crippen LogP contribution in [0.2, 0.25) is 0 Å². The van der Waals surface area contributed by atoms with Crippen LogP contribution in [0.5, 0.6) is 5.75 Å². The molecule has 1 aliphatic heterocycles. The van der Waals surface area contributed by atoms with Crippen molar-refractivity contribution in [2.24, 2.45) is 5.92 Å². The molecule has 1 N–H and O–H groups in total. The van der Waals surface area contributed by atoms with Gasteiger partial charge in [0.15, 0.2) is 0 Å². The van der Waals surface area contributed by atoms with E-state index in [2.05, 4.69) is 43.1 Å². The number of nitrogens with zero attached hydrogens (tertiary/aromatic N) is 2. The number of hydrogen-bond donors (Lipinski definition) is 1. The van der Waals surface area contributed by atoms with E-state index in [0.29, 0.717) is 31.3 Å². The van der Waals surface area contributed by atoms with E-state index in [1.807, 2.05) is 0 Å². The molecule has 220 valence electrons. The maximum absolute atomic E-state index is 12.8. The summed E-state index contributed by atoms with van der Waals surface area (Å²) >= 11 is 0. The molecule has 1 heterocycles. The highest BCUT2D eigenvalue weighted by atomic mass is 19.4. The number of nitrogens with one attached hydrogen (secondary N) is 1. The summed E-state index contributed by atoms with van der Waals surface area (Å²) in [5, 5.41) is 3.72. The first kappa shape index (κ1) is 30.4. The van der Waals surface area contributed by atoms with Crippen molar-refractivity contribution in [1.29, 1.82) is 0 Å². The number of carbonyl (C=O) groups is 1. The van der Waals surface area contributed by atoms with Crippen molar-refractivity contribution in [3.63, 3.8) is 0 Å². The molecule has 8 heteroatoms. The van der Waals surface area contributed by atoms with Crippen LogP contribution in [0.25, 0.3) is 0 Å². The van der Waals surface area contributed by atoms with Crippen molar-refractivity contribution >= 4 is 5.91 Å². The smallest absolute Gasteiger partial charge is 0.416 e. The fraction of sp³-hybridized carbons (Fsp3) is 0.594. The first-order valence-corrected chi connectivity index (χ1v) is 14.8. The van der Waals surface area contributed by atoms with Gasteiger partial charge in [0, 0.05) is 44.3 Å². The molecule has 1 aliphatic carbocycles. The fourth-order valence-corrected chi connectivity index (χ4v) is 5.88. The fourth-order valence-electron chi connectivity index (χ4n) is 5.88. The van der Waals surface area contributed by atoms with Crippen molar-refractivity contribution in [2.45, 2.75) is 71.5 Å². The molecule has 2 aromatic carbocycles. The molecule has 2 unspecified atom stereocenters. The van der Waals surface area contributed by atoms with Gasteiger partial charge in [-0.05, 0) is 99.0 Å². The van der Waals surface area contributed by atoms with Crippen LogP contribution in [0.1, 0.15) is 71.6 Å². The van der Waals surface area contributed by atoms with Crippen molar-refractivity contribution in [1.82, 2.24) is 15.1 Å². The number of hydrogen-bond acceptors (Lipinski definition) is 4. The van der Waals surface area contributed by atoms with Gasteiger partial charge in [-0.15, -0.1) is 0 Å². The maximum atomic E-state index is 12.8. The number of halogens is 3. The molecule has 4 rings (SSSR count). The SMILES string of the molecule is Cc1c(CCN2CCN(C(=O)c3ccc(C(F)(F)F)cc3)CC2)ccc(OCCCNC2CCCCC2C)c1C. The van der Waals surface area contributed by atoms with E-state index in [0.717, 1.165) is 62.8 Å². The van der Waals surface area contributed by atoms with E-state index in [4.69, 9.17) is 4.74 Å². The number of piperazine rings is 1. The largest absolute Gasteiger partial charge is 0.493 e. The highest BCUT2D eigenvalue weighted by molar-refractivity contribution is 5.94. The molecule has 2 fully saturated rings. The molecule has 1 saturated heterocycles. The number of benzene rings is 2. The molecule has 0 aromatic heterocycles. The van der Waals surface area contributed by atoms with Crippen molar-refractivity contribution < 1.29 is 22.7 Å². The van der Waals surface area contributed by atoms with E-state index < -0.39 is 11.7 Å². The van der Waals surface area contributed by atoms with Crippen LogP contribution < -0.4 is 10.1 Å². The standard InChI is InChI=1S/C32H44F3N3O2/c1-23-7-4-5-8-29(23)36-16-6-22-40-30-14-11-26(24(2)25(30)3)15-17-37-18-20-38(21-19-37)31(39)27-9-12-28(13-10-27)32(33,34)35/h9-14,23,29,36H,4-8,15-22H2,1-3H3. The van der Waals surface area contributed by atoms with Gasteiger partial charge in [-0.3, -0.25) is 9.69 Å². The third kappa shape index (κ3) is 8.00. The monoisotopic (exact) mass is 559 g/mol. The summed E-state index contributed by atoms with van der Waals surface area (Å²) in [5.41, 5.74) is 3.32. The lowest BCUT2D eigenvalue weighted by molar-refractivity contribution is -0.137. The molecular weight excluding hydrogens is 515 g/mol. The minimum Gasteiger partial charge on any atom is -0.493 e. The second-order valence-corrected chi connectivity index (χ2v) is 11.5. The molecule has 0 radical (unpaired) electrons. The van der Waals surface area contributed by atoms with Crippen molar-refractivity contribution in [3.8, 4) is 5.75 Å². The molecule has 2 aromatic rings. The lowest BCUT2D eigenvalue weighted by atomic mass is 9.86. The Morgan fingerprint density at radius 3 is 2.35 bits per heavy atom. The molecule has 0 spiro atoms. The van der Waals surface area contributed by atoms with Crippen LogP contribution in [0, 0.1) is 19.8 Å². The van der Waals surface area contributed by atoms with Crippen LogP contribution in [0.4, 0.5) is 13.2 Å². The summed E-state index contributed by atoms with van der Waals surface area (Å²) in [7, 11) is 0. The second-order valence-electron chi connectivity index (χ2n) is 11.5. The van der Waals surface area contributed by atoms with Crippen molar-refractivity contribution in [3.05, 3.63) is 64.2 Å². The average Bonchev–Trinajstić information content (AvgIpc) is 2.95. The summed E-state index contributed by atoms with van der Waals surface area (Å²) in [5.74, 6) is 1.52. The van der Waals surface area contributed by atoms with Crippen LogP contribution >= 0.6 is 0 Å². The highest BCUT2D eigenvalue weighted by Gasteiger charge is 2.31. The van der Waals surface area contributed by atoms with Crippen LogP contribution in [-0.4, -0.2) is 67.6 Å². The van der Waals surface area contributed by atoms with Gasteiger partial charge in [-0.2, -0.15) is 13.2 Å². The van der Waals surface area contributed by atoms with Gasteiger partial charge in [-0.1, -0.05) is 25.8 Å². The third-order valence-electron chi connectivity index (χ3n) is 8.76. The number of alkyl halides is 3. The predicted molar refractivity (Wildman–Crippen MR) is 153 cm³/mol. The number of carbonyl (C=O) groups excluding carboxylic acids is 1. The van der Waals surface area contributed by atoms with Gasteiger partial charge in [0.05, 0.1) is 12.2 Å². The first-order valence-electron chi connectivity index (χ1n) is 14.8. The summed E-state index contributed by atoms with van der Waals surface area (Å²) < 4.78 is 44.6. The Hall–Kier alpha value is -2.58. The molecular formula is C32H44F3N3O2. The highest BCUT2D eigenvalue weighted by Crippen LogP contribution is 2.29. The van der Waals surface area contributed by atoms with E-state index in [-0.39, 0.29) is 5.91 Å². The quantitative estimate of drug-likeness (QED) is 0.349. The lowest BCUT2D eigenvalue weighted by Crippen LogP contribution is -2.49. The van der Waals surface area contributed by atoms with Gasteiger partial charge in [0.2, 0.25) is 0 Å². The summed E-state index contributed by atoms with van der Waals surface area (Å²) in [6.45, 7) is 11.9. The second kappa shape index (κ2) is 13.9. The Morgan fingerprint density at radius 2 is 1.68 bits per heavy atom. The minimum absolute atomic E-state index is 0.213. The Morgan fingerprint density at radius 1 is 0.975 bits per heavy atom. The van der Waals surface area contributed by atoms with Crippen LogP contribution in [0.3, 0.4) is 0 Å². The Labute approximate surface area is 237 Å². The number of amides is 1. The third-order valence-corrected chi connectivity index (χ3v) is 8.76. The van der Waals surface area contributed by atoms with Gasteiger partial charge in [0.1, 0.15) is 5.75 Å². The zero-order valence-corrected chi connectivity index (χ0v) is 24.2. The summed E-state index contributed by atoms with van der Waals surface area (Å²) in [6.07, 6.45) is 2.84. The number of ether oxygens (including phenoxy) is 1. The van der Waals surface area contributed by atoms with Crippen LogP contribution in [0.15, 0.2) is 36.4 Å². The zero-order chi connectivity index (χ0) is 28.7. The maximum Gasteiger partial charge on any atom is 0.416 e. The molecule has 40 heavy (non-hydrogen) atoms. The van der Waals surface area contributed by atoms with Gasteiger partial charge < -0.3 is 15.0 Å². The summed E-state index contributed by atoms with van der Waals surface area (Å²) in [6, 6.07) is 9.40. The van der Waals surface area contributed by atoms with E-state index >= 15 is 0 Å². The lowest BCUT2D eigenvalue weighted by Gasteiger charge is -2.35. The topological polar surface area (TPSA) is 44.8 Å².